The van der Waals surface area contributed by atoms with Crippen LogP contribution in [-0.2, 0) is 12.1 Å². The van der Waals surface area contributed by atoms with Crippen LogP contribution in [-0.4, -0.2) is 6.03 Å². The zero-order valence-corrected chi connectivity index (χ0v) is 13.9. The number of aryl methyl sites for hydroxylation is 1. The number of amides is 2. The fourth-order valence-corrected chi connectivity index (χ4v) is 2.38. The minimum absolute atomic E-state index is 0.191. The van der Waals surface area contributed by atoms with Crippen molar-refractivity contribution in [1.82, 2.24) is 10.6 Å². The van der Waals surface area contributed by atoms with Crippen LogP contribution < -0.4 is 10.6 Å². The summed E-state index contributed by atoms with van der Waals surface area (Å²) in [5, 5.41) is 6.57. The van der Waals surface area contributed by atoms with Gasteiger partial charge in [-0.25, -0.2) is 4.79 Å². The number of hydrogen-bond acceptors (Lipinski definition) is 1. The molecule has 0 saturated carbocycles. The van der Waals surface area contributed by atoms with Gasteiger partial charge >= 0.3 is 6.03 Å². The highest BCUT2D eigenvalue weighted by Gasteiger charge is 2.22. The average molecular weight is 317 g/mol. The van der Waals surface area contributed by atoms with E-state index in [0.717, 1.165) is 11.1 Å². The predicted octanol–water partition coefficient (Wildman–Crippen LogP) is 4.38. The van der Waals surface area contributed by atoms with E-state index in [9.17, 15) is 4.79 Å². The highest BCUT2D eigenvalue weighted by Crippen LogP contribution is 2.21. The first kappa shape index (κ1) is 16.4. The molecule has 0 aromatic heterocycles. The number of carbonyl (C=O) groups excluding carboxylic acids is 1. The van der Waals surface area contributed by atoms with Crippen LogP contribution in [0.2, 0.25) is 5.02 Å². The molecule has 0 bridgehead atoms. The van der Waals surface area contributed by atoms with Gasteiger partial charge in [0.2, 0.25) is 0 Å². The summed E-state index contributed by atoms with van der Waals surface area (Å²) in [7, 11) is 0. The van der Waals surface area contributed by atoms with Gasteiger partial charge in [-0.15, -0.1) is 0 Å². The van der Waals surface area contributed by atoms with Crippen LogP contribution in [0.1, 0.15) is 30.5 Å². The first-order valence-electron chi connectivity index (χ1n) is 7.25. The first-order chi connectivity index (χ1) is 10.4. The molecule has 2 N–H and O–H groups in total. The molecule has 2 aromatic carbocycles. The molecule has 0 aliphatic carbocycles. The van der Waals surface area contributed by atoms with Crippen LogP contribution >= 0.6 is 11.6 Å². The second kappa shape index (κ2) is 6.84. The van der Waals surface area contributed by atoms with Crippen molar-refractivity contribution in [2.24, 2.45) is 0 Å². The van der Waals surface area contributed by atoms with E-state index in [-0.39, 0.29) is 6.03 Å². The van der Waals surface area contributed by atoms with Crippen molar-refractivity contribution in [3.63, 3.8) is 0 Å². The fraction of sp³-hybridized carbons (Fsp3) is 0.278. The van der Waals surface area contributed by atoms with E-state index in [1.807, 2.05) is 69.3 Å². The Labute approximate surface area is 136 Å². The SMILES string of the molecule is Cc1ccccc1CNC(=O)NC(C)(C)c1ccc(Cl)cc1. The third-order valence-corrected chi connectivity index (χ3v) is 3.94. The summed E-state index contributed by atoms with van der Waals surface area (Å²) >= 11 is 5.90. The van der Waals surface area contributed by atoms with E-state index >= 15 is 0 Å². The van der Waals surface area contributed by atoms with Crippen molar-refractivity contribution in [1.29, 1.82) is 0 Å². The van der Waals surface area contributed by atoms with Gasteiger partial charge in [0.15, 0.2) is 0 Å². The maximum Gasteiger partial charge on any atom is 0.315 e. The molecule has 0 aliphatic heterocycles. The van der Waals surface area contributed by atoms with E-state index in [2.05, 4.69) is 10.6 Å². The van der Waals surface area contributed by atoms with Crippen LogP contribution in [0.25, 0.3) is 0 Å². The molecular formula is C18H21ClN2O. The van der Waals surface area contributed by atoms with Gasteiger partial charge in [0.25, 0.3) is 0 Å². The minimum Gasteiger partial charge on any atom is -0.334 e. The molecule has 0 unspecified atom stereocenters. The zero-order valence-electron chi connectivity index (χ0n) is 13.1. The van der Waals surface area contributed by atoms with Gasteiger partial charge in [0, 0.05) is 11.6 Å². The lowest BCUT2D eigenvalue weighted by atomic mass is 9.94. The fourth-order valence-electron chi connectivity index (χ4n) is 2.25. The Hall–Kier alpha value is -2.00. The summed E-state index contributed by atoms with van der Waals surface area (Å²) in [6, 6.07) is 15.3. The van der Waals surface area contributed by atoms with Crippen molar-refractivity contribution in [3.05, 3.63) is 70.2 Å². The van der Waals surface area contributed by atoms with Crippen molar-refractivity contribution in [3.8, 4) is 0 Å². The molecular weight excluding hydrogens is 296 g/mol. The van der Waals surface area contributed by atoms with E-state index in [4.69, 9.17) is 11.6 Å². The van der Waals surface area contributed by atoms with E-state index in [1.54, 1.807) is 0 Å². The Bertz CT molecular complexity index is 650. The van der Waals surface area contributed by atoms with E-state index in [1.165, 1.54) is 5.56 Å². The Balaban J connectivity index is 1.96. The summed E-state index contributed by atoms with van der Waals surface area (Å²) in [5.41, 5.74) is 2.81. The standard InChI is InChI=1S/C18H21ClN2O/c1-13-6-4-5-7-14(13)12-20-17(22)21-18(2,3)15-8-10-16(19)11-9-15/h4-11H,12H2,1-3H3,(H2,20,21,22). The minimum atomic E-state index is -0.472. The molecule has 4 heteroatoms. The number of urea groups is 1. The molecule has 0 spiro atoms. The number of benzene rings is 2. The van der Waals surface area contributed by atoms with Gasteiger partial charge in [-0.05, 0) is 49.6 Å². The Kier molecular flexibility index (Phi) is 5.09. The second-order valence-corrected chi connectivity index (χ2v) is 6.30. The molecule has 2 aromatic rings. The second-order valence-electron chi connectivity index (χ2n) is 5.87. The van der Waals surface area contributed by atoms with E-state index < -0.39 is 5.54 Å². The molecule has 3 nitrogen and oxygen atoms in total. The van der Waals surface area contributed by atoms with Crippen LogP contribution in [0.4, 0.5) is 4.79 Å². The Morgan fingerprint density at radius 2 is 1.73 bits per heavy atom. The molecule has 2 amide bonds. The summed E-state index contributed by atoms with van der Waals surface area (Å²) in [5.74, 6) is 0. The van der Waals surface area contributed by atoms with Gasteiger partial charge in [0.05, 0.1) is 5.54 Å². The van der Waals surface area contributed by atoms with Crippen LogP contribution in [0.5, 0.6) is 0 Å². The number of rotatable bonds is 4. The quantitative estimate of drug-likeness (QED) is 0.863. The smallest absolute Gasteiger partial charge is 0.315 e. The maximum absolute atomic E-state index is 12.1. The predicted molar refractivity (Wildman–Crippen MR) is 91.0 cm³/mol. The van der Waals surface area contributed by atoms with Crippen molar-refractivity contribution >= 4 is 17.6 Å². The largest absolute Gasteiger partial charge is 0.334 e. The lowest BCUT2D eigenvalue weighted by Gasteiger charge is -2.27. The highest BCUT2D eigenvalue weighted by atomic mass is 35.5. The summed E-state index contributed by atoms with van der Waals surface area (Å²) in [4.78, 5) is 12.1. The molecule has 0 radical (unpaired) electrons. The molecule has 2 rings (SSSR count). The summed E-state index contributed by atoms with van der Waals surface area (Å²) in [6.45, 7) is 6.47. The Morgan fingerprint density at radius 1 is 1.09 bits per heavy atom. The number of carbonyl (C=O) groups is 1. The lowest BCUT2D eigenvalue weighted by Crippen LogP contribution is -2.46. The van der Waals surface area contributed by atoms with Crippen molar-refractivity contribution in [2.45, 2.75) is 32.9 Å². The maximum atomic E-state index is 12.1. The molecule has 0 fully saturated rings. The normalized spacial score (nSPS) is 11.1. The van der Waals surface area contributed by atoms with Crippen LogP contribution in [0, 0.1) is 6.92 Å². The molecule has 0 aliphatic rings. The molecule has 0 atom stereocenters. The molecule has 22 heavy (non-hydrogen) atoms. The topological polar surface area (TPSA) is 41.1 Å². The van der Waals surface area contributed by atoms with Crippen molar-refractivity contribution in [2.75, 3.05) is 0 Å². The van der Waals surface area contributed by atoms with Gasteiger partial charge in [-0.1, -0.05) is 48.0 Å². The number of nitrogens with one attached hydrogen (secondary N) is 2. The summed E-state index contributed by atoms with van der Waals surface area (Å²) < 4.78 is 0. The third kappa shape index (κ3) is 4.25. The molecule has 116 valence electrons. The molecule has 0 heterocycles. The first-order valence-corrected chi connectivity index (χ1v) is 7.63. The highest BCUT2D eigenvalue weighted by molar-refractivity contribution is 6.30. The van der Waals surface area contributed by atoms with Gasteiger partial charge in [-0.2, -0.15) is 0 Å². The number of halogens is 1. The Morgan fingerprint density at radius 3 is 2.36 bits per heavy atom. The monoisotopic (exact) mass is 316 g/mol. The number of hydrogen-bond donors (Lipinski definition) is 2. The third-order valence-electron chi connectivity index (χ3n) is 3.69. The van der Waals surface area contributed by atoms with E-state index in [0.29, 0.717) is 11.6 Å². The van der Waals surface area contributed by atoms with Crippen molar-refractivity contribution < 1.29 is 4.79 Å². The molecule has 0 saturated heterocycles. The lowest BCUT2D eigenvalue weighted by molar-refractivity contribution is 0.229. The van der Waals surface area contributed by atoms with Gasteiger partial charge < -0.3 is 10.6 Å². The van der Waals surface area contributed by atoms with Crippen LogP contribution in [0.15, 0.2) is 48.5 Å². The van der Waals surface area contributed by atoms with Crippen LogP contribution in [0.3, 0.4) is 0 Å². The zero-order chi connectivity index (χ0) is 16.2. The average Bonchev–Trinajstić information content (AvgIpc) is 2.46. The van der Waals surface area contributed by atoms with Gasteiger partial charge in [-0.3, -0.25) is 0 Å². The summed E-state index contributed by atoms with van der Waals surface area (Å²) in [6.07, 6.45) is 0. The van der Waals surface area contributed by atoms with Gasteiger partial charge in [0.1, 0.15) is 0 Å².